The van der Waals surface area contributed by atoms with Gasteiger partial charge >= 0.3 is 0 Å². The van der Waals surface area contributed by atoms with Crippen LogP contribution < -0.4 is 15.4 Å². The van der Waals surface area contributed by atoms with Crippen molar-refractivity contribution >= 4 is 5.91 Å². The molecule has 132 valence electrons. The zero-order valence-electron chi connectivity index (χ0n) is 14.9. The molecule has 1 saturated heterocycles. The molecule has 2 N–H and O–H groups in total. The van der Waals surface area contributed by atoms with Gasteiger partial charge in [0.1, 0.15) is 5.75 Å². The fourth-order valence-corrected chi connectivity index (χ4v) is 3.69. The molecule has 5 nitrogen and oxygen atoms in total. The highest BCUT2D eigenvalue weighted by Crippen LogP contribution is 2.41. The monoisotopic (exact) mass is 331 g/mol. The van der Waals surface area contributed by atoms with Crippen LogP contribution in [-0.2, 0) is 4.79 Å². The lowest BCUT2D eigenvalue weighted by Crippen LogP contribution is -2.43. The number of methoxy groups -OCH3 is 1. The number of nitrogens with one attached hydrogen (secondary N) is 2. The maximum absolute atomic E-state index is 12.0. The standard InChI is InChI=1S/C19H29N3O2/c1-13(2)21-18(23)12-20-17-9-10-22(15-7-8-15)19(17)14-5-4-6-16(11-14)24-3/h4-6,11,13,15,17,19-20H,7-10,12H2,1-3H3,(H,21,23). The van der Waals surface area contributed by atoms with Crippen LogP contribution >= 0.6 is 0 Å². The van der Waals surface area contributed by atoms with Crippen molar-refractivity contribution in [1.29, 1.82) is 0 Å². The number of carbonyl (C=O) groups excluding carboxylic acids is 1. The van der Waals surface area contributed by atoms with Crippen molar-refractivity contribution < 1.29 is 9.53 Å². The van der Waals surface area contributed by atoms with Gasteiger partial charge in [0, 0.05) is 24.7 Å². The summed E-state index contributed by atoms with van der Waals surface area (Å²) < 4.78 is 5.40. The van der Waals surface area contributed by atoms with Gasteiger partial charge in [-0.15, -0.1) is 0 Å². The minimum Gasteiger partial charge on any atom is -0.497 e. The summed E-state index contributed by atoms with van der Waals surface area (Å²) >= 11 is 0. The van der Waals surface area contributed by atoms with Crippen LogP contribution in [0.25, 0.3) is 0 Å². The smallest absolute Gasteiger partial charge is 0.234 e. The summed E-state index contributed by atoms with van der Waals surface area (Å²) in [7, 11) is 1.71. The maximum Gasteiger partial charge on any atom is 0.234 e. The molecule has 2 fully saturated rings. The molecule has 1 aromatic carbocycles. The van der Waals surface area contributed by atoms with Gasteiger partial charge in [0.2, 0.25) is 5.91 Å². The van der Waals surface area contributed by atoms with Crippen molar-refractivity contribution in [2.24, 2.45) is 0 Å². The van der Waals surface area contributed by atoms with Crippen molar-refractivity contribution in [2.45, 2.75) is 57.3 Å². The van der Waals surface area contributed by atoms with Crippen molar-refractivity contribution in [3.05, 3.63) is 29.8 Å². The van der Waals surface area contributed by atoms with Gasteiger partial charge < -0.3 is 15.4 Å². The molecule has 0 aromatic heterocycles. The molecule has 1 aromatic rings. The predicted molar refractivity (Wildman–Crippen MR) is 95.1 cm³/mol. The number of carbonyl (C=O) groups is 1. The lowest BCUT2D eigenvalue weighted by atomic mass is 9.99. The molecular formula is C19H29N3O2. The van der Waals surface area contributed by atoms with E-state index in [4.69, 9.17) is 4.74 Å². The molecule has 5 heteroatoms. The van der Waals surface area contributed by atoms with Crippen LogP contribution in [0.5, 0.6) is 5.75 Å². The Morgan fingerprint density at radius 1 is 1.33 bits per heavy atom. The zero-order chi connectivity index (χ0) is 17.1. The molecule has 0 radical (unpaired) electrons. The molecule has 1 aliphatic carbocycles. The summed E-state index contributed by atoms with van der Waals surface area (Å²) in [5.41, 5.74) is 1.28. The van der Waals surface area contributed by atoms with E-state index in [-0.39, 0.29) is 11.9 Å². The Labute approximate surface area is 144 Å². The Hall–Kier alpha value is -1.59. The number of hydrogen-bond donors (Lipinski definition) is 2. The maximum atomic E-state index is 12.0. The third-order valence-electron chi connectivity index (χ3n) is 4.86. The summed E-state index contributed by atoms with van der Waals surface area (Å²) in [6, 6.07) is 9.86. The van der Waals surface area contributed by atoms with E-state index in [0.717, 1.165) is 18.7 Å². The first-order valence-corrected chi connectivity index (χ1v) is 9.01. The Balaban J connectivity index is 1.71. The molecular weight excluding hydrogens is 302 g/mol. The van der Waals surface area contributed by atoms with Gasteiger partial charge in [0.25, 0.3) is 0 Å². The van der Waals surface area contributed by atoms with Crippen LogP contribution in [0.1, 0.15) is 44.7 Å². The first kappa shape index (κ1) is 17.2. The Kier molecular flexibility index (Phi) is 5.41. The van der Waals surface area contributed by atoms with Crippen LogP contribution in [0.2, 0.25) is 0 Å². The summed E-state index contributed by atoms with van der Waals surface area (Å²) in [6.45, 7) is 5.44. The first-order valence-electron chi connectivity index (χ1n) is 9.01. The van der Waals surface area contributed by atoms with Crippen LogP contribution in [0.15, 0.2) is 24.3 Å². The van der Waals surface area contributed by atoms with E-state index in [9.17, 15) is 4.79 Å². The third kappa shape index (κ3) is 4.08. The Morgan fingerprint density at radius 3 is 2.79 bits per heavy atom. The number of benzene rings is 1. The molecule has 3 rings (SSSR count). The van der Waals surface area contributed by atoms with Crippen LogP contribution in [0.4, 0.5) is 0 Å². The number of nitrogens with zero attached hydrogens (tertiary/aromatic N) is 1. The summed E-state index contributed by atoms with van der Waals surface area (Å²) in [5.74, 6) is 0.964. The minimum atomic E-state index is 0.0688. The van der Waals surface area contributed by atoms with E-state index in [1.54, 1.807) is 7.11 Å². The Bertz CT molecular complexity index is 571. The first-order chi connectivity index (χ1) is 11.6. The third-order valence-corrected chi connectivity index (χ3v) is 4.86. The summed E-state index contributed by atoms with van der Waals surface area (Å²) in [4.78, 5) is 14.6. The van der Waals surface area contributed by atoms with Gasteiger partial charge in [-0.2, -0.15) is 0 Å². The summed E-state index contributed by atoms with van der Waals surface area (Å²) in [5, 5.41) is 6.44. The van der Waals surface area contributed by atoms with E-state index in [1.165, 1.54) is 18.4 Å². The molecule has 2 atom stereocenters. The van der Waals surface area contributed by atoms with Gasteiger partial charge in [0.15, 0.2) is 0 Å². The van der Waals surface area contributed by atoms with Crippen molar-refractivity contribution in [3.8, 4) is 5.75 Å². The number of hydrogen-bond acceptors (Lipinski definition) is 4. The van der Waals surface area contributed by atoms with Crippen LogP contribution in [-0.4, -0.2) is 49.1 Å². The van der Waals surface area contributed by atoms with E-state index in [2.05, 4.69) is 33.7 Å². The number of rotatable bonds is 7. The fourth-order valence-electron chi connectivity index (χ4n) is 3.69. The van der Waals surface area contributed by atoms with E-state index in [1.807, 2.05) is 19.9 Å². The van der Waals surface area contributed by atoms with E-state index in [0.29, 0.717) is 24.7 Å². The number of ether oxygens (including phenoxy) is 1. The van der Waals surface area contributed by atoms with Crippen molar-refractivity contribution in [2.75, 3.05) is 20.2 Å². The normalized spacial score (nSPS) is 24.3. The van der Waals surface area contributed by atoms with Crippen molar-refractivity contribution in [3.63, 3.8) is 0 Å². The number of likely N-dealkylation sites (tertiary alicyclic amines) is 1. The minimum absolute atomic E-state index is 0.0688. The second-order valence-corrected chi connectivity index (χ2v) is 7.19. The quantitative estimate of drug-likeness (QED) is 0.803. The Morgan fingerprint density at radius 2 is 2.12 bits per heavy atom. The molecule has 2 aliphatic rings. The molecule has 0 bridgehead atoms. The molecule has 0 spiro atoms. The molecule has 1 saturated carbocycles. The molecule has 1 amide bonds. The zero-order valence-corrected chi connectivity index (χ0v) is 14.9. The highest BCUT2D eigenvalue weighted by Gasteiger charge is 2.42. The second kappa shape index (κ2) is 7.53. The lowest BCUT2D eigenvalue weighted by Gasteiger charge is -2.29. The molecule has 24 heavy (non-hydrogen) atoms. The SMILES string of the molecule is COc1cccc(C2C(NCC(=O)NC(C)C)CCN2C2CC2)c1. The highest BCUT2D eigenvalue weighted by molar-refractivity contribution is 5.78. The average molecular weight is 331 g/mol. The van der Waals surface area contributed by atoms with Gasteiger partial charge in [-0.3, -0.25) is 9.69 Å². The topological polar surface area (TPSA) is 53.6 Å². The van der Waals surface area contributed by atoms with Crippen LogP contribution in [0, 0.1) is 0 Å². The number of amides is 1. The van der Waals surface area contributed by atoms with Gasteiger partial charge in [-0.05, 0) is 50.8 Å². The lowest BCUT2D eigenvalue weighted by molar-refractivity contribution is -0.120. The molecule has 2 unspecified atom stereocenters. The van der Waals surface area contributed by atoms with Crippen LogP contribution in [0.3, 0.4) is 0 Å². The van der Waals surface area contributed by atoms with E-state index < -0.39 is 0 Å². The van der Waals surface area contributed by atoms with Gasteiger partial charge in [0.05, 0.1) is 19.7 Å². The second-order valence-electron chi connectivity index (χ2n) is 7.19. The average Bonchev–Trinajstić information content (AvgIpc) is 3.32. The van der Waals surface area contributed by atoms with E-state index >= 15 is 0 Å². The molecule has 1 aliphatic heterocycles. The largest absolute Gasteiger partial charge is 0.497 e. The molecule has 1 heterocycles. The van der Waals surface area contributed by atoms with Crippen molar-refractivity contribution in [1.82, 2.24) is 15.5 Å². The van der Waals surface area contributed by atoms with Gasteiger partial charge in [-0.1, -0.05) is 12.1 Å². The predicted octanol–water partition coefficient (Wildman–Crippen LogP) is 2.09. The highest BCUT2D eigenvalue weighted by atomic mass is 16.5. The summed E-state index contributed by atoms with van der Waals surface area (Å²) in [6.07, 6.45) is 3.66. The fraction of sp³-hybridized carbons (Fsp3) is 0.632. The van der Waals surface area contributed by atoms with Gasteiger partial charge in [-0.25, -0.2) is 0 Å².